The number of amides is 1. The summed E-state index contributed by atoms with van der Waals surface area (Å²) in [5, 5.41) is 14.2. The van der Waals surface area contributed by atoms with E-state index in [2.05, 4.69) is 10.3 Å². The number of hydrogen-bond acceptors (Lipinski definition) is 3. The highest BCUT2D eigenvalue weighted by molar-refractivity contribution is 5.95. The quantitative estimate of drug-likeness (QED) is 0.389. The van der Waals surface area contributed by atoms with Gasteiger partial charge in [-0.3, -0.25) is 9.78 Å². The van der Waals surface area contributed by atoms with Crippen LogP contribution in [0.5, 0.6) is 0 Å². The summed E-state index contributed by atoms with van der Waals surface area (Å²) in [6.45, 7) is 3.28. The number of nitrogens with one attached hydrogen (secondary N) is 1. The number of alkyl halides is 3. The first-order valence-electron chi connectivity index (χ1n) is 8.89. The van der Waals surface area contributed by atoms with Gasteiger partial charge in [-0.1, -0.05) is 12.1 Å². The van der Waals surface area contributed by atoms with Crippen LogP contribution in [-0.2, 0) is 6.18 Å². The highest BCUT2D eigenvalue weighted by Crippen LogP contribution is 2.27. The van der Waals surface area contributed by atoms with Crippen molar-refractivity contribution in [1.82, 2.24) is 10.3 Å². The average molecular weight is 419 g/mol. The Labute approximate surface area is 169 Å². The van der Waals surface area contributed by atoms with Crippen molar-refractivity contribution >= 4 is 5.91 Å². The van der Waals surface area contributed by atoms with E-state index in [9.17, 15) is 27.6 Å². The largest absolute Gasteiger partial charge is 0.618 e. The monoisotopic (exact) mass is 419 g/mol. The maximum Gasteiger partial charge on any atom is 0.478 e. The van der Waals surface area contributed by atoms with Gasteiger partial charge in [-0.2, -0.15) is 17.9 Å². The molecular weight excluding hydrogens is 402 g/mol. The normalized spacial score (nSPS) is 12.5. The van der Waals surface area contributed by atoms with Gasteiger partial charge in [-0.05, 0) is 37.6 Å². The lowest BCUT2D eigenvalue weighted by Gasteiger charge is -2.15. The number of aryl methyl sites for hydroxylation is 1. The molecule has 0 spiro atoms. The minimum Gasteiger partial charge on any atom is -0.618 e. The minimum atomic E-state index is -4.77. The van der Waals surface area contributed by atoms with Crippen LogP contribution in [-0.4, -0.2) is 10.9 Å². The number of pyridine rings is 2. The summed E-state index contributed by atoms with van der Waals surface area (Å²) >= 11 is 0. The van der Waals surface area contributed by atoms with Gasteiger partial charge in [0, 0.05) is 35.2 Å². The third-order valence-corrected chi connectivity index (χ3v) is 4.51. The summed E-state index contributed by atoms with van der Waals surface area (Å²) in [7, 11) is 0. The number of halogens is 4. The first-order valence-corrected chi connectivity index (χ1v) is 8.89. The van der Waals surface area contributed by atoms with Crippen molar-refractivity contribution in [1.29, 1.82) is 0 Å². The van der Waals surface area contributed by atoms with Gasteiger partial charge in [-0.25, -0.2) is 4.39 Å². The molecule has 3 rings (SSSR count). The van der Waals surface area contributed by atoms with Gasteiger partial charge in [-0.15, -0.1) is 0 Å². The van der Waals surface area contributed by atoms with Crippen molar-refractivity contribution in [2.45, 2.75) is 26.1 Å². The predicted octanol–water partition coefficient (Wildman–Crippen LogP) is 4.34. The minimum absolute atomic E-state index is 0.140. The number of carbonyl (C=O) groups excluding carboxylic acids is 1. The Bertz CT molecular complexity index is 1100. The molecule has 0 bridgehead atoms. The molecule has 30 heavy (non-hydrogen) atoms. The van der Waals surface area contributed by atoms with Crippen LogP contribution in [0.25, 0.3) is 11.1 Å². The summed E-state index contributed by atoms with van der Waals surface area (Å²) in [6, 6.07) is 7.18. The van der Waals surface area contributed by atoms with E-state index in [-0.39, 0.29) is 21.4 Å². The molecule has 0 aliphatic heterocycles. The van der Waals surface area contributed by atoms with Crippen LogP contribution in [0.3, 0.4) is 0 Å². The van der Waals surface area contributed by atoms with Crippen LogP contribution in [0.1, 0.15) is 40.1 Å². The van der Waals surface area contributed by atoms with Gasteiger partial charge < -0.3 is 10.5 Å². The van der Waals surface area contributed by atoms with E-state index in [4.69, 9.17) is 0 Å². The summed E-state index contributed by atoms with van der Waals surface area (Å²) in [5.41, 5.74) is 0.424. The summed E-state index contributed by atoms with van der Waals surface area (Å²) in [6.07, 6.45) is -1.30. The van der Waals surface area contributed by atoms with E-state index in [0.29, 0.717) is 11.6 Å². The maximum atomic E-state index is 14.2. The second kappa shape index (κ2) is 8.10. The molecule has 5 nitrogen and oxygen atoms in total. The van der Waals surface area contributed by atoms with E-state index in [1.807, 2.05) is 0 Å². The van der Waals surface area contributed by atoms with Crippen molar-refractivity contribution in [2.75, 3.05) is 0 Å². The Morgan fingerprint density at radius 1 is 1.17 bits per heavy atom. The number of nitrogens with zero attached hydrogens (tertiary/aromatic N) is 2. The van der Waals surface area contributed by atoms with Crippen LogP contribution in [0.2, 0.25) is 0 Å². The SMILES string of the molecule is Cc1ccc(-c2cncc(C(=O)N[C@H](C)c3ccc(C(F)(F)F)[n+]([O-])c3)c2)c(F)c1. The molecule has 0 radical (unpaired) electrons. The van der Waals surface area contributed by atoms with Crippen LogP contribution >= 0.6 is 0 Å². The van der Waals surface area contributed by atoms with E-state index >= 15 is 0 Å². The van der Waals surface area contributed by atoms with E-state index in [1.165, 1.54) is 31.5 Å². The fourth-order valence-electron chi connectivity index (χ4n) is 2.90. The zero-order valence-electron chi connectivity index (χ0n) is 16.0. The predicted molar refractivity (Wildman–Crippen MR) is 101 cm³/mol. The summed E-state index contributed by atoms with van der Waals surface area (Å²) in [5.74, 6) is -1.02. The highest BCUT2D eigenvalue weighted by Gasteiger charge is 2.39. The van der Waals surface area contributed by atoms with E-state index in [1.54, 1.807) is 19.1 Å². The summed E-state index contributed by atoms with van der Waals surface area (Å²) in [4.78, 5) is 16.5. The van der Waals surface area contributed by atoms with Crippen molar-refractivity contribution < 1.29 is 27.1 Å². The second-order valence-electron chi connectivity index (χ2n) is 6.81. The van der Waals surface area contributed by atoms with Gasteiger partial charge in [0.2, 0.25) is 0 Å². The lowest BCUT2D eigenvalue weighted by atomic mass is 10.0. The number of rotatable bonds is 4. The van der Waals surface area contributed by atoms with Crippen molar-refractivity contribution in [3.63, 3.8) is 0 Å². The molecule has 0 saturated carbocycles. The Morgan fingerprint density at radius 3 is 2.53 bits per heavy atom. The van der Waals surface area contributed by atoms with Crippen LogP contribution in [0.4, 0.5) is 17.6 Å². The molecule has 0 aliphatic rings. The van der Waals surface area contributed by atoms with Crippen molar-refractivity contribution in [3.05, 3.63) is 88.4 Å². The lowest BCUT2D eigenvalue weighted by molar-refractivity contribution is -0.629. The molecule has 0 saturated heterocycles. The number of aromatic nitrogens is 2. The molecule has 2 aromatic heterocycles. The maximum absolute atomic E-state index is 14.2. The fraction of sp³-hybridized carbons (Fsp3) is 0.190. The van der Waals surface area contributed by atoms with Crippen LogP contribution in [0, 0.1) is 17.9 Å². The van der Waals surface area contributed by atoms with Gasteiger partial charge in [0.25, 0.3) is 11.6 Å². The highest BCUT2D eigenvalue weighted by atomic mass is 19.4. The average Bonchev–Trinajstić information content (AvgIpc) is 2.67. The van der Waals surface area contributed by atoms with Crippen molar-refractivity contribution in [3.8, 4) is 11.1 Å². The third-order valence-electron chi connectivity index (χ3n) is 4.51. The first kappa shape index (κ1) is 21.2. The van der Waals surface area contributed by atoms with Crippen LogP contribution < -0.4 is 10.0 Å². The summed E-state index contributed by atoms with van der Waals surface area (Å²) < 4.78 is 52.1. The zero-order valence-corrected chi connectivity index (χ0v) is 16.0. The fourth-order valence-corrected chi connectivity index (χ4v) is 2.90. The zero-order chi connectivity index (χ0) is 22.1. The number of benzene rings is 1. The Balaban J connectivity index is 1.80. The van der Waals surface area contributed by atoms with Gasteiger partial charge >= 0.3 is 6.18 Å². The third kappa shape index (κ3) is 4.56. The van der Waals surface area contributed by atoms with E-state index < -0.39 is 29.6 Å². The van der Waals surface area contributed by atoms with Gasteiger partial charge in [0.15, 0.2) is 6.20 Å². The van der Waals surface area contributed by atoms with E-state index in [0.717, 1.165) is 17.8 Å². The molecule has 0 fully saturated rings. The molecule has 3 aromatic rings. The Kier molecular flexibility index (Phi) is 5.73. The standard InChI is InChI=1S/C21H17F4N3O2/c1-12-3-5-17(18(22)7-12)15-8-16(10-26-9-15)20(29)27-13(2)14-4-6-19(21(23,24)25)28(30)11-14/h3-11,13H,1-2H3,(H,27,29)/t13-/m1/s1. The second-order valence-corrected chi connectivity index (χ2v) is 6.81. The van der Waals surface area contributed by atoms with Gasteiger partial charge in [0.1, 0.15) is 5.82 Å². The van der Waals surface area contributed by atoms with Crippen LogP contribution in [0.15, 0.2) is 55.0 Å². The molecule has 1 aromatic carbocycles. The molecule has 1 amide bonds. The number of carbonyl (C=O) groups is 1. The Hall–Kier alpha value is -3.49. The molecule has 0 unspecified atom stereocenters. The number of hydrogen-bond donors (Lipinski definition) is 1. The molecule has 1 atom stereocenters. The van der Waals surface area contributed by atoms with Crippen molar-refractivity contribution in [2.24, 2.45) is 0 Å². The molecule has 1 N–H and O–H groups in total. The molecule has 156 valence electrons. The Morgan fingerprint density at radius 2 is 1.90 bits per heavy atom. The molecule has 0 aliphatic carbocycles. The topological polar surface area (TPSA) is 68.9 Å². The first-order chi connectivity index (χ1) is 14.1. The molecule has 9 heteroatoms. The lowest BCUT2D eigenvalue weighted by Crippen LogP contribution is -2.38. The smallest absolute Gasteiger partial charge is 0.478 e. The van der Waals surface area contributed by atoms with Gasteiger partial charge in [0.05, 0.1) is 11.6 Å². The molecular formula is C21H17F4N3O2. The molecule has 2 heterocycles.